The fourth-order valence-electron chi connectivity index (χ4n) is 3.53. The quantitative estimate of drug-likeness (QED) is 0.413. The van der Waals surface area contributed by atoms with Crippen LogP contribution in [0.15, 0.2) is 48.5 Å². The largest absolute Gasteiger partial charge is 0.435 e. The zero-order valence-electron chi connectivity index (χ0n) is 18.9. The first kappa shape index (κ1) is 28.3. The standard InChI is InChI=1S/C23H21F6N3O4S/c24-16-7-5-14(6-8-16)19(23(27,28)29)31-17(20(33)32-22(13-30)9-10-22)12-37(34,35)11-15-3-1-2-4-18(15)36-21(25)26/h1-8,17,19,21,31H,9-12H2,(H,32,33)/t17-,19-/m0/s1. The van der Waals surface area contributed by atoms with Crippen LogP contribution in [-0.2, 0) is 20.4 Å². The summed E-state index contributed by atoms with van der Waals surface area (Å²) in [4.78, 5) is 12.9. The predicted molar refractivity (Wildman–Crippen MR) is 118 cm³/mol. The van der Waals surface area contributed by atoms with Crippen molar-refractivity contribution in [3.05, 3.63) is 65.5 Å². The third-order valence-corrected chi connectivity index (χ3v) is 7.12. The Hall–Kier alpha value is -3.31. The Balaban J connectivity index is 1.91. The van der Waals surface area contributed by atoms with Crippen LogP contribution >= 0.6 is 0 Å². The highest BCUT2D eigenvalue weighted by atomic mass is 32.2. The number of carbonyl (C=O) groups is 1. The van der Waals surface area contributed by atoms with Gasteiger partial charge in [-0.1, -0.05) is 30.3 Å². The van der Waals surface area contributed by atoms with Crippen molar-refractivity contribution in [2.75, 3.05) is 5.75 Å². The number of benzene rings is 2. The first-order valence-electron chi connectivity index (χ1n) is 10.8. The molecule has 1 fully saturated rings. The zero-order valence-corrected chi connectivity index (χ0v) is 19.8. The number of rotatable bonds is 11. The molecule has 0 heterocycles. The smallest absolute Gasteiger partial charge is 0.407 e. The summed E-state index contributed by atoms with van der Waals surface area (Å²) in [7, 11) is -4.42. The van der Waals surface area contributed by atoms with Gasteiger partial charge in [0, 0.05) is 5.56 Å². The molecule has 200 valence electrons. The van der Waals surface area contributed by atoms with Gasteiger partial charge in [-0.2, -0.15) is 27.2 Å². The van der Waals surface area contributed by atoms with Gasteiger partial charge in [-0.15, -0.1) is 0 Å². The second kappa shape index (κ2) is 11.0. The average molecular weight is 549 g/mol. The van der Waals surface area contributed by atoms with Crippen molar-refractivity contribution in [2.45, 2.75) is 49.0 Å². The lowest BCUT2D eigenvalue weighted by Crippen LogP contribution is -2.54. The number of para-hydroxylation sites is 1. The van der Waals surface area contributed by atoms with E-state index in [9.17, 15) is 44.8 Å². The van der Waals surface area contributed by atoms with Crippen LogP contribution in [0.4, 0.5) is 26.3 Å². The number of hydrogen-bond acceptors (Lipinski definition) is 6. The van der Waals surface area contributed by atoms with Crippen LogP contribution in [0.1, 0.15) is 30.0 Å². The van der Waals surface area contributed by atoms with Crippen molar-refractivity contribution < 1.29 is 44.3 Å². The van der Waals surface area contributed by atoms with E-state index in [2.05, 4.69) is 10.1 Å². The van der Waals surface area contributed by atoms with Gasteiger partial charge in [0.2, 0.25) is 5.91 Å². The van der Waals surface area contributed by atoms with Crippen LogP contribution in [0.3, 0.4) is 0 Å². The molecule has 1 saturated carbocycles. The molecule has 37 heavy (non-hydrogen) atoms. The van der Waals surface area contributed by atoms with Gasteiger partial charge in [0.25, 0.3) is 0 Å². The number of ether oxygens (including phenoxy) is 1. The van der Waals surface area contributed by atoms with Gasteiger partial charge in [0.05, 0.1) is 17.6 Å². The predicted octanol–water partition coefficient (Wildman–Crippen LogP) is 3.78. The summed E-state index contributed by atoms with van der Waals surface area (Å²) in [6.45, 7) is -3.26. The van der Waals surface area contributed by atoms with Crippen molar-refractivity contribution in [2.24, 2.45) is 0 Å². The number of sulfone groups is 1. The summed E-state index contributed by atoms with van der Waals surface area (Å²) < 4.78 is 111. The lowest BCUT2D eigenvalue weighted by Gasteiger charge is -2.28. The Labute approximate surface area is 208 Å². The lowest BCUT2D eigenvalue weighted by atomic mass is 10.0. The Bertz CT molecular complexity index is 1260. The van der Waals surface area contributed by atoms with E-state index < -0.39 is 74.8 Å². The second-order valence-electron chi connectivity index (χ2n) is 8.47. The number of amides is 1. The van der Waals surface area contributed by atoms with Gasteiger partial charge >= 0.3 is 12.8 Å². The van der Waals surface area contributed by atoms with Crippen molar-refractivity contribution in [1.29, 1.82) is 5.26 Å². The molecule has 1 aliphatic rings. The number of nitrogens with one attached hydrogen (secondary N) is 2. The van der Waals surface area contributed by atoms with Crippen LogP contribution in [0.25, 0.3) is 0 Å². The highest BCUT2D eigenvalue weighted by Crippen LogP contribution is 2.36. The maximum absolute atomic E-state index is 13.9. The number of alkyl halides is 5. The molecule has 0 spiro atoms. The number of nitrogens with zero attached hydrogens (tertiary/aromatic N) is 1. The molecule has 2 aromatic rings. The van der Waals surface area contributed by atoms with Crippen molar-refractivity contribution in [3.8, 4) is 11.8 Å². The Morgan fingerprint density at radius 2 is 1.73 bits per heavy atom. The summed E-state index contributed by atoms with van der Waals surface area (Å²) in [5.74, 6) is -4.52. The average Bonchev–Trinajstić information content (AvgIpc) is 3.57. The van der Waals surface area contributed by atoms with Crippen LogP contribution in [-0.4, -0.2) is 44.4 Å². The minimum absolute atomic E-state index is 0.191. The lowest BCUT2D eigenvalue weighted by molar-refractivity contribution is -0.160. The molecule has 2 N–H and O–H groups in total. The van der Waals surface area contributed by atoms with Gasteiger partial charge in [-0.3, -0.25) is 10.1 Å². The molecule has 0 unspecified atom stereocenters. The minimum Gasteiger partial charge on any atom is -0.435 e. The molecular formula is C23H21F6N3O4S. The molecule has 0 aliphatic heterocycles. The van der Waals surface area contributed by atoms with Crippen molar-refractivity contribution >= 4 is 15.7 Å². The summed E-state index contributed by atoms with van der Waals surface area (Å²) in [6.07, 6.45) is -4.56. The van der Waals surface area contributed by atoms with Crippen LogP contribution in [0.2, 0.25) is 0 Å². The second-order valence-corrected chi connectivity index (χ2v) is 10.6. The van der Waals surface area contributed by atoms with Gasteiger partial charge in [-0.05, 0) is 36.6 Å². The maximum Gasteiger partial charge on any atom is 0.407 e. The molecule has 0 radical (unpaired) electrons. The Kier molecular flexibility index (Phi) is 8.38. The Morgan fingerprint density at radius 1 is 1.11 bits per heavy atom. The minimum atomic E-state index is -5.02. The summed E-state index contributed by atoms with van der Waals surface area (Å²) >= 11 is 0. The first-order valence-corrected chi connectivity index (χ1v) is 12.6. The normalized spacial score (nSPS) is 16.5. The van der Waals surface area contributed by atoms with Gasteiger partial charge in [-0.25, -0.2) is 12.8 Å². The van der Waals surface area contributed by atoms with E-state index in [0.717, 1.165) is 30.3 Å². The fraction of sp³-hybridized carbons (Fsp3) is 0.391. The molecule has 7 nitrogen and oxygen atoms in total. The van der Waals surface area contributed by atoms with Crippen molar-refractivity contribution in [1.82, 2.24) is 10.6 Å². The molecule has 0 aromatic heterocycles. The third kappa shape index (κ3) is 7.83. The molecule has 0 bridgehead atoms. The van der Waals surface area contributed by atoms with E-state index in [-0.39, 0.29) is 18.4 Å². The van der Waals surface area contributed by atoms with E-state index in [1.165, 1.54) is 18.2 Å². The first-order chi connectivity index (χ1) is 17.2. The molecule has 2 atom stereocenters. The molecule has 1 amide bonds. The SMILES string of the molecule is N#CC1(NC(=O)[C@H](CS(=O)(=O)Cc2ccccc2OC(F)F)N[C@@H](c2ccc(F)cc2)C(F)(F)F)CC1. The highest BCUT2D eigenvalue weighted by Gasteiger charge is 2.48. The monoisotopic (exact) mass is 549 g/mol. The number of carbonyl (C=O) groups excluding carboxylic acids is 1. The van der Waals surface area contributed by atoms with Crippen LogP contribution < -0.4 is 15.4 Å². The molecule has 14 heteroatoms. The molecule has 0 saturated heterocycles. The Morgan fingerprint density at radius 3 is 2.27 bits per heavy atom. The van der Waals surface area contributed by atoms with E-state index in [0.29, 0.717) is 0 Å². The number of hydrogen-bond donors (Lipinski definition) is 2. The summed E-state index contributed by atoms with van der Waals surface area (Å²) in [5.41, 5.74) is -1.99. The molecule has 2 aromatic carbocycles. The molecule has 1 aliphatic carbocycles. The third-order valence-electron chi connectivity index (χ3n) is 5.53. The van der Waals surface area contributed by atoms with E-state index in [4.69, 9.17) is 0 Å². The van der Waals surface area contributed by atoms with Gasteiger partial charge < -0.3 is 10.1 Å². The van der Waals surface area contributed by atoms with E-state index >= 15 is 0 Å². The van der Waals surface area contributed by atoms with Crippen molar-refractivity contribution in [3.63, 3.8) is 0 Å². The maximum atomic E-state index is 13.9. The molecule has 3 rings (SSSR count). The zero-order chi connectivity index (χ0) is 27.4. The topological polar surface area (TPSA) is 108 Å². The van der Waals surface area contributed by atoms with Gasteiger partial charge in [0.15, 0.2) is 9.84 Å². The number of halogens is 6. The summed E-state index contributed by atoms with van der Waals surface area (Å²) in [6, 6.07) is 5.42. The highest BCUT2D eigenvalue weighted by molar-refractivity contribution is 7.90. The van der Waals surface area contributed by atoms with Crippen LogP contribution in [0, 0.1) is 17.1 Å². The molecular weight excluding hydrogens is 528 g/mol. The van der Waals surface area contributed by atoms with E-state index in [1.807, 2.05) is 11.4 Å². The van der Waals surface area contributed by atoms with Crippen LogP contribution in [0.5, 0.6) is 5.75 Å². The van der Waals surface area contributed by atoms with E-state index in [1.54, 1.807) is 0 Å². The van der Waals surface area contributed by atoms with Gasteiger partial charge in [0.1, 0.15) is 29.2 Å². The number of nitriles is 1. The fourth-order valence-corrected chi connectivity index (χ4v) is 5.12. The summed E-state index contributed by atoms with van der Waals surface area (Å²) in [5, 5.41) is 13.5.